The fourth-order valence-electron chi connectivity index (χ4n) is 2.31. The Kier molecular flexibility index (Phi) is 4.52. The van der Waals surface area contributed by atoms with E-state index in [0.717, 1.165) is 22.5 Å². The average molecular weight is 330 g/mol. The van der Waals surface area contributed by atoms with Crippen molar-refractivity contribution in [3.8, 4) is 0 Å². The molecule has 0 aliphatic carbocycles. The molecule has 120 valence electrons. The molecule has 3 aromatic rings. The SMILES string of the molecule is Cc1sc2ncnc(NCCCC(=O)Nc3cn[nH]c3)c2c1C. The molecule has 3 N–H and O–H groups in total. The summed E-state index contributed by atoms with van der Waals surface area (Å²) in [7, 11) is 0. The summed E-state index contributed by atoms with van der Waals surface area (Å²) in [5.74, 6) is 0.815. The highest BCUT2D eigenvalue weighted by molar-refractivity contribution is 7.18. The summed E-state index contributed by atoms with van der Waals surface area (Å²) in [6.45, 7) is 4.85. The van der Waals surface area contributed by atoms with Gasteiger partial charge < -0.3 is 10.6 Å². The number of aromatic nitrogens is 4. The molecule has 3 aromatic heterocycles. The zero-order chi connectivity index (χ0) is 16.2. The Labute approximate surface area is 137 Å². The Morgan fingerprint density at radius 2 is 2.22 bits per heavy atom. The Balaban J connectivity index is 1.54. The molecule has 0 aliphatic rings. The normalized spacial score (nSPS) is 10.9. The third kappa shape index (κ3) is 3.48. The minimum atomic E-state index is -0.0245. The number of amides is 1. The van der Waals surface area contributed by atoms with Gasteiger partial charge in [0.25, 0.3) is 0 Å². The number of fused-ring (bicyclic) bond motifs is 1. The highest BCUT2D eigenvalue weighted by Crippen LogP contribution is 2.32. The average Bonchev–Trinajstić information content (AvgIpc) is 3.13. The van der Waals surface area contributed by atoms with Gasteiger partial charge in [0.1, 0.15) is 17.0 Å². The quantitative estimate of drug-likeness (QED) is 0.604. The van der Waals surface area contributed by atoms with Gasteiger partial charge in [0.05, 0.1) is 17.3 Å². The minimum absolute atomic E-state index is 0.0245. The molecule has 0 spiro atoms. The monoisotopic (exact) mass is 330 g/mol. The van der Waals surface area contributed by atoms with Gasteiger partial charge in [0.15, 0.2) is 0 Å². The van der Waals surface area contributed by atoms with E-state index in [1.165, 1.54) is 10.4 Å². The minimum Gasteiger partial charge on any atom is -0.369 e. The van der Waals surface area contributed by atoms with Gasteiger partial charge in [0.2, 0.25) is 5.91 Å². The number of rotatable bonds is 6. The van der Waals surface area contributed by atoms with Crippen LogP contribution in [0.3, 0.4) is 0 Å². The van der Waals surface area contributed by atoms with Crippen LogP contribution >= 0.6 is 11.3 Å². The Hall–Kier alpha value is -2.48. The van der Waals surface area contributed by atoms with Crippen LogP contribution in [0.1, 0.15) is 23.3 Å². The molecule has 7 nitrogen and oxygen atoms in total. The van der Waals surface area contributed by atoms with Gasteiger partial charge in [0, 0.05) is 24.0 Å². The second-order valence-corrected chi connectivity index (χ2v) is 6.45. The number of hydrogen-bond acceptors (Lipinski definition) is 6. The molecule has 0 saturated heterocycles. The van der Waals surface area contributed by atoms with Crippen LogP contribution in [0.15, 0.2) is 18.7 Å². The zero-order valence-electron chi connectivity index (χ0n) is 13.0. The van der Waals surface area contributed by atoms with Gasteiger partial charge in [-0.15, -0.1) is 11.3 Å². The standard InChI is InChI=1S/C15H18N6OS/c1-9-10(2)23-15-13(9)14(17-8-18-15)16-5-3-4-12(22)21-11-6-19-20-7-11/h6-8H,3-5H2,1-2H3,(H,19,20)(H,21,22)(H,16,17,18). The van der Waals surface area contributed by atoms with Gasteiger partial charge in [-0.2, -0.15) is 5.10 Å². The van der Waals surface area contributed by atoms with Crippen molar-refractivity contribution in [1.82, 2.24) is 20.2 Å². The predicted molar refractivity (Wildman–Crippen MR) is 91.8 cm³/mol. The Bertz CT molecular complexity index is 811. The summed E-state index contributed by atoms with van der Waals surface area (Å²) in [5, 5.41) is 13.6. The lowest BCUT2D eigenvalue weighted by atomic mass is 10.2. The van der Waals surface area contributed by atoms with E-state index in [0.29, 0.717) is 18.7 Å². The number of thiophene rings is 1. The molecule has 1 amide bonds. The number of carbonyl (C=O) groups is 1. The van der Waals surface area contributed by atoms with E-state index in [2.05, 4.69) is 44.6 Å². The topological polar surface area (TPSA) is 95.6 Å². The molecule has 0 aromatic carbocycles. The molecule has 23 heavy (non-hydrogen) atoms. The first kappa shape index (κ1) is 15.4. The molecule has 8 heteroatoms. The first-order valence-electron chi connectivity index (χ1n) is 7.38. The van der Waals surface area contributed by atoms with E-state index in [4.69, 9.17) is 0 Å². The van der Waals surface area contributed by atoms with Crippen LogP contribution in [0.25, 0.3) is 10.2 Å². The van der Waals surface area contributed by atoms with Crippen LogP contribution in [-0.4, -0.2) is 32.6 Å². The molecule has 0 bridgehead atoms. The van der Waals surface area contributed by atoms with E-state index in [1.807, 2.05) is 0 Å². The van der Waals surface area contributed by atoms with Gasteiger partial charge >= 0.3 is 0 Å². The number of aromatic amines is 1. The lowest BCUT2D eigenvalue weighted by Gasteiger charge is -2.07. The van der Waals surface area contributed by atoms with Crippen LogP contribution in [-0.2, 0) is 4.79 Å². The van der Waals surface area contributed by atoms with Gasteiger partial charge in [-0.05, 0) is 25.8 Å². The predicted octanol–water partition coefficient (Wildman–Crippen LogP) is 2.86. The highest BCUT2D eigenvalue weighted by Gasteiger charge is 2.11. The summed E-state index contributed by atoms with van der Waals surface area (Å²) in [6, 6.07) is 0. The number of anilines is 2. The number of hydrogen-bond donors (Lipinski definition) is 3. The molecule has 0 unspecified atom stereocenters. The summed E-state index contributed by atoms with van der Waals surface area (Å²) in [4.78, 5) is 22.7. The first-order chi connectivity index (χ1) is 11.1. The van der Waals surface area contributed by atoms with Gasteiger partial charge in [-0.1, -0.05) is 0 Å². The van der Waals surface area contributed by atoms with Crippen LogP contribution < -0.4 is 10.6 Å². The number of nitrogens with one attached hydrogen (secondary N) is 3. The Morgan fingerprint density at radius 3 is 3.00 bits per heavy atom. The van der Waals surface area contributed by atoms with Crippen LogP contribution in [0.2, 0.25) is 0 Å². The maximum absolute atomic E-state index is 11.8. The van der Waals surface area contributed by atoms with Crippen molar-refractivity contribution in [2.24, 2.45) is 0 Å². The van der Waals surface area contributed by atoms with Crippen molar-refractivity contribution in [3.05, 3.63) is 29.2 Å². The van der Waals surface area contributed by atoms with E-state index >= 15 is 0 Å². The van der Waals surface area contributed by atoms with Crippen molar-refractivity contribution in [2.75, 3.05) is 17.2 Å². The molecular formula is C15H18N6OS. The smallest absolute Gasteiger partial charge is 0.224 e. The van der Waals surface area contributed by atoms with Crippen molar-refractivity contribution in [3.63, 3.8) is 0 Å². The lowest BCUT2D eigenvalue weighted by Crippen LogP contribution is -2.13. The fraction of sp³-hybridized carbons (Fsp3) is 0.333. The molecule has 0 atom stereocenters. The molecule has 0 radical (unpaired) electrons. The second-order valence-electron chi connectivity index (χ2n) is 5.25. The molecular weight excluding hydrogens is 312 g/mol. The van der Waals surface area contributed by atoms with Gasteiger partial charge in [-0.25, -0.2) is 9.97 Å². The molecule has 0 saturated carbocycles. The fourth-order valence-corrected chi connectivity index (χ4v) is 3.31. The highest BCUT2D eigenvalue weighted by atomic mass is 32.1. The summed E-state index contributed by atoms with van der Waals surface area (Å²) in [6.07, 6.45) is 5.96. The largest absolute Gasteiger partial charge is 0.369 e. The summed E-state index contributed by atoms with van der Waals surface area (Å²) >= 11 is 1.68. The lowest BCUT2D eigenvalue weighted by molar-refractivity contribution is -0.116. The van der Waals surface area contributed by atoms with Crippen LogP contribution in [0.4, 0.5) is 11.5 Å². The zero-order valence-corrected chi connectivity index (χ0v) is 13.8. The maximum atomic E-state index is 11.8. The molecule has 3 rings (SSSR count). The summed E-state index contributed by atoms with van der Waals surface area (Å²) < 4.78 is 0. The Morgan fingerprint density at radius 1 is 1.35 bits per heavy atom. The van der Waals surface area contributed by atoms with Crippen molar-refractivity contribution < 1.29 is 4.79 Å². The van der Waals surface area contributed by atoms with E-state index in [9.17, 15) is 4.79 Å². The third-order valence-corrected chi connectivity index (χ3v) is 4.74. The molecule has 0 fully saturated rings. The van der Waals surface area contributed by atoms with E-state index < -0.39 is 0 Å². The third-order valence-electron chi connectivity index (χ3n) is 3.62. The maximum Gasteiger partial charge on any atom is 0.224 e. The van der Waals surface area contributed by atoms with Crippen molar-refractivity contribution in [1.29, 1.82) is 0 Å². The number of carbonyl (C=O) groups excluding carboxylic acids is 1. The number of H-pyrrole nitrogens is 1. The van der Waals surface area contributed by atoms with Crippen molar-refractivity contribution >= 4 is 39.0 Å². The second kappa shape index (κ2) is 6.74. The molecule has 0 aliphatic heterocycles. The van der Waals surface area contributed by atoms with Gasteiger partial charge in [-0.3, -0.25) is 9.89 Å². The number of nitrogens with zero attached hydrogens (tertiary/aromatic N) is 3. The summed E-state index contributed by atoms with van der Waals surface area (Å²) in [5.41, 5.74) is 1.90. The van der Waals surface area contributed by atoms with Crippen molar-refractivity contribution in [2.45, 2.75) is 26.7 Å². The van der Waals surface area contributed by atoms with E-state index in [1.54, 1.807) is 30.1 Å². The van der Waals surface area contributed by atoms with E-state index in [-0.39, 0.29) is 5.91 Å². The van der Waals surface area contributed by atoms with Crippen LogP contribution in [0.5, 0.6) is 0 Å². The first-order valence-corrected chi connectivity index (χ1v) is 8.20. The number of aryl methyl sites for hydroxylation is 2. The molecule has 3 heterocycles. The van der Waals surface area contributed by atoms with Crippen LogP contribution in [0, 0.1) is 13.8 Å².